The van der Waals surface area contributed by atoms with Crippen LogP contribution in [0.4, 0.5) is 5.82 Å². The van der Waals surface area contributed by atoms with E-state index >= 15 is 0 Å². The maximum atomic E-state index is 11.7. The lowest BCUT2D eigenvalue weighted by atomic mass is 10.1. The lowest BCUT2D eigenvalue weighted by Gasteiger charge is -2.06. The summed E-state index contributed by atoms with van der Waals surface area (Å²) in [6.45, 7) is 0. The number of amides is 1. The van der Waals surface area contributed by atoms with Crippen LogP contribution in [-0.4, -0.2) is 10.9 Å². The summed E-state index contributed by atoms with van der Waals surface area (Å²) in [5.74, 6) is 0.590. The second-order valence-electron chi connectivity index (χ2n) is 4.45. The lowest BCUT2D eigenvalue weighted by molar-refractivity contribution is -0.117. The Balaban J connectivity index is 2.02. The van der Waals surface area contributed by atoms with Crippen LogP contribution < -0.4 is 5.32 Å². The van der Waals surface area contributed by atoms with Crippen molar-refractivity contribution in [3.05, 3.63) is 35.9 Å². The quantitative estimate of drug-likeness (QED) is 0.872. The van der Waals surface area contributed by atoms with E-state index in [9.17, 15) is 4.79 Å². The minimum atomic E-state index is 0.00155. The molecule has 0 spiro atoms. The van der Waals surface area contributed by atoms with Crippen molar-refractivity contribution in [2.45, 2.75) is 12.8 Å². The summed E-state index contributed by atoms with van der Waals surface area (Å²) in [5, 5.41) is 12.7. The molecule has 88 valence electrons. The summed E-state index contributed by atoms with van der Waals surface area (Å²) in [7, 11) is 0. The zero-order valence-electron chi connectivity index (χ0n) is 9.68. The highest BCUT2D eigenvalue weighted by molar-refractivity contribution is 5.95. The van der Waals surface area contributed by atoms with Crippen LogP contribution in [0.1, 0.15) is 18.4 Å². The SMILES string of the molecule is N#Cc1cc(NC(=O)C2CC2)nc2ccccc12. The van der Waals surface area contributed by atoms with Crippen molar-refractivity contribution in [1.82, 2.24) is 4.98 Å². The number of pyridine rings is 1. The fourth-order valence-electron chi connectivity index (χ4n) is 1.91. The van der Waals surface area contributed by atoms with Crippen molar-refractivity contribution >= 4 is 22.6 Å². The Labute approximate surface area is 104 Å². The number of nitrogens with one attached hydrogen (secondary N) is 1. The van der Waals surface area contributed by atoms with Crippen molar-refractivity contribution < 1.29 is 4.79 Å². The molecule has 0 saturated heterocycles. The molecule has 0 bridgehead atoms. The summed E-state index contributed by atoms with van der Waals surface area (Å²) >= 11 is 0. The van der Waals surface area contributed by atoms with Crippen LogP contribution in [0.15, 0.2) is 30.3 Å². The van der Waals surface area contributed by atoms with E-state index < -0.39 is 0 Å². The molecule has 0 atom stereocenters. The van der Waals surface area contributed by atoms with Gasteiger partial charge in [0, 0.05) is 11.3 Å². The molecular formula is C14H11N3O. The number of carbonyl (C=O) groups is 1. The number of para-hydroxylation sites is 1. The molecular weight excluding hydrogens is 226 g/mol. The fraction of sp³-hybridized carbons (Fsp3) is 0.214. The number of fused-ring (bicyclic) bond motifs is 1. The summed E-state index contributed by atoms with van der Waals surface area (Å²) in [6.07, 6.45) is 1.90. The summed E-state index contributed by atoms with van der Waals surface area (Å²) in [5.41, 5.74) is 1.26. The number of benzene rings is 1. The molecule has 0 radical (unpaired) electrons. The minimum absolute atomic E-state index is 0.00155. The van der Waals surface area contributed by atoms with Crippen molar-refractivity contribution in [3.63, 3.8) is 0 Å². The highest BCUT2D eigenvalue weighted by Crippen LogP contribution is 2.30. The lowest BCUT2D eigenvalue weighted by Crippen LogP contribution is -2.14. The number of nitrogens with zero attached hydrogens (tertiary/aromatic N) is 2. The topological polar surface area (TPSA) is 65.8 Å². The first-order valence-electron chi connectivity index (χ1n) is 5.88. The van der Waals surface area contributed by atoms with Crippen molar-refractivity contribution in [1.29, 1.82) is 5.26 Å². The third-order valence-corrected chi connectivity index (χ3v) is 3.04. The standard InChI is InChI=1S/C14H11N3O/c15-8-10-7-13(17-14(18)9-5-6-9)16-12-4-2-1-3-11(10)12/h1-4,7,9H,5-6H2,(H,16,17,18). The number of aromatic nitrogens is 1. The molecule has 4 heteroatoms. The molecule has 1 aromatic heterocycles. The molecule has 3 rings (SSSR count). The van der Waals surface area contributed by atoms with Crippen molar-refractivity contribution in [2.75, 3.05) is 5.32 Å². The Kier molecular flexibility index (Phi) is 2.45. The Bertz CT molecular complexity index is 668. The monoisotopic (exact) mass is 237 g/mol. The normalized spacial score (nSPS) is 14.2. The first kappa shape index (κ1) is 10.7. The van der Waals surface area contributed by atoms with Gasteiger partial charge in [0.1, 0.15) is 5.82 Å². The van der Waals surface area contributed by atoms with E-state index in [1.54, 1.807) is 6.07 Å². The van der Waals surface area contributed by atoms with Gasteiger partial charge in [0.25, 0.3) is 0 Å². The molecule has 1 aliphatic carbocycles. The van der Waals surface area contributed by atoms with Gasteiger partial charge in [-0.1, -0.05) is 18.2 Å². The summed E-state index contributed by atoms with van der Waals surface area (Å²) in [6, 6.07) is 11.2. The molecule has 2 aromatic rings. The van der Waals surface area contributed by atoms with Crippen LogP contribution in [-0.2, 0) is 4.79 Å². The van der Waals surface area contributed by atoms with E-state index in [4.69, 9.17) is 5.26 Å². The minimum Gasteiger partial charge on any atom is -0.310 e. The Morgan fingerprint density at radius 1 is 1.39 bits per heavy atom. The smallest absolute Gasteiger partial charge is 0.228 e. The zero-order valence-corrected chi connectivity index (χ0v) is 9.68. The van der Waals surface area contributed by atoms with Crippen LogP contribution in [0.2, 0.25) is 0 Å². The second kappa shape index (κ2) is 4.11. The van der Waals surface area contributed by atoms with Crippen LogP contribution in [0.3, 0.4) is 0 Å². The number of hydrogen-bond acceptors (Lipinski definition) is 3. The first-order chi connectivity index (χ1) is 8.78. The molecule has 4 nitrogen and oxygen atoms in total. The van der Waals surface area contributed by atoms with E-state index in [-0.39, 0.29) is 11.8 Å². The van der Waals surface area contributed by atoms with Gasteiger partial charge in [-0.3, -0.25) is 4.79 Å². The molecule has 1 saturated carbocycles. The van der Waals surface area contributed by atoms with Gasteiger partial charge >= 0.3 is 0 Å². The molecule has 18 heavy (non-hydrogen) atoms. The van der Waals surface area contributed by atoms with Crippen LogP contribution in [0.5, 0.6) is 0 Å². The first-order valence-corrected chi connectivity index (χ1v) is 5.88. The van der Waals surface area contributed by atoms with Gasteiger partial charge in [-0.25, -0.2) is 4.98 Å². The Morgan fingerprint density at radius 2 is 2.17 bits per heavy atom. The molecule has 1 heterocycles. The largest absolute Gasteiger partial charge is 0.310 e. The number of nitriles is 1. The van der Waals surface area contributed by atoms with Crippen LogP contribution in [0.25, 0.3) is 10.9 Å². The van der Waals surface area contributed by atoms with Crippen molar-refractivity contribution in [3.8, 4) is 6.07 Å². The third kappa shape index (κ3) is 1.91. The van der Waals surface area contributed by atoms with Gasteiger partial charge in [-0.05, 0) is 25.0 Å². The molecule has 1 aliphatic rings. The summed E-state index contributed by atoms with van der Waals surface area (Å²) < 4.78 is 0. The molecule has 0 unspecified atom stereocenters. The van der Waals surface area contributed by atoms with Crippen molar-refractivity contribution in [2.24, 2.45) is 5.92 Å². The predicted octanol–water partition coefficient (Wildman–Crippen LogP) is 2.45. The average molecular weight is 237 g/mol. The molecule has 1 amide bonds. The van der Waals surface area contributed by atoms with Gasteiger partial charge in [0.2, 0.25) is 5.91 Å². The maximum Gasteiger partial charge on any atom is 0.228 e. The Hall–Kier alpha value is -2.41. The Morgan fingerprint density at radius 3 is 2.89 bits per heavy atom. The predicted molar refractivity (Wildman–Crippen MR) is 67.8 cm³/mol. The van der Waals surface area contributed by atoms with Gasteiger partial charge in [-0.2, -0.15) is 5.26 Å². The van der Waals surface area contributed by atoms with E-state index in [2.05, 4.69) is 16.4 Å². The van der Waals surface area contributed by atoms with E-state index in [1.165, 1.54) is 0 Å². The number of anilines is 1. The van der Waals surface area contributed by atoms with Gasteiger partial charge in [0.15, 0.2) is 0 Å². The van der Waals surface area contributed by atoms with Gasteiger partial charge < -0.3 is 5.32 Å². The molecule has 1 fully saturated rings. The second-order valence-corrected chi connectivity index (χ2v) is 4.45. The number of carbonyl (C=O) groups excluding carboxylic acids is 1. The van der Waals surface area contributed by atoms with Gasteiger partial charge in [0.05, 0.1) is 17.1 Å². The van der Waals surface area contributed by atoms with Crippen LogP contribution in [0, 0.1) is 17.2 Å². The van der Waals surface area contributed by atoms with Crippen LogP contribution >= 0.6 is 0 Å². The highest BCUT2D eigenvalue weighted by atomic mass is 16.2. The summed E-state index contributed by atoms with van der Waals surface area (Å²) in [4.78, 5) is 16.0. The number of rotatable bonds is 2. The van der Waals surface area contributed by atoms with Gasteiger partial charge in [-0.15, -0.1) is 0 Å². The van der Waals surface area contributed by atoms with E-state index in [1.807, 2.05) is 24.3 Å². The van der Waals surface area contributed by atoms with E-state index in [0.717, 1.165) is 23.7 Å². The van der Waals surface area contributed by atoms with E-state index in [0.29, 0.717) is 11.4 Å². The average Bonchev–Trinajstić information content (AvgIpc) is 3.22. The molecule has 1 aromatic carbocycles. The third-order valence-electron chi connectivity index (χ3n) is 3.04. The highest BCUT2D eigenvalue weighted by Gasteiger charge is 2.29. The molecule has 0 aliphatic heterocycles. The maximum absolute atomic E-state index is 11.7. The zero-order chi connectivity index (χ0) is 12.5. The number of hydrogen-bond donors (Lipinski definition) is 1. The molecule has 1 N–H and O–H groups in total. The fourth-order valence-corrected chi connectivity index (χ4v) is 1.91.